The molecule has 0 saturated carbocycles. The van der Waals surface area contributed by atoms with Gasteiger partial charge in [0.15, 0.2) is 0 Å². The van der Waals surface area contributed by atoms with Crippen molar-refractivity contribution in [3.05, 3.63) is 40.8 Å². The van der Waals surface area contributed by atoms with Gasteiger partial charge >= 0.3 is 0 Å². The maximum absolute atomic E-state index is 10.0. The van der Waals surface area contributed by atoms with Crippen LogP contribution in [0.3, 0.4) is 0 Å². The monoisotopic (exact) mass is 208 g/mol. The van der Waals surface area contributed by atoms with Gasteiger partial charge < -0.3 is 4.74 Å². The lowest BCUT2D eigenvalue weighted by atomic mass is 10.2. The SMILES string of the molecule is CN(CCCOCc1ccccc1)N=O. The molecule has 0 aliphatic carbocycles. The highest BCUT2D eigenvalue weighted by atomic mass is 16.5. The van der Waals surface area contributed by atoms with Crippen molar-refractivity contribution in [2.75, 3.05) is 20.2 Å². The summed E-state index contributed by atoms with van der Waals surface area (Å²) in [6.07, 6.45) is 0.815. The number of nitroso groups, excluding NO2 is 1. The Hall–Kier alpha value is -1.42. The zero-order valence-electron chi connectivity index (χ0n) is 8.93. The van der Waals surface area contributed by atoms with Crippen molar-refractivity contribution in [2.45, 2.75) is 13.0 Å². The van der Waals surface area contributed by atoms with Crippen LogP contribution in [0.15, 0.2) is 35.6 Å². The summed E-state index contributed by atoms with van der Waals surface area (Å²) in [6.45, 7) is 1.91. The summed E-state index contributed by atoms with van der Waals surface area (Å²) in [5, 5.41) is 4.14. The number of nitrogens with zero attached hydrogens (tertiary/aromatic N) is 2. The second-order valence-electron chi connectivity index (χ2n) is 3.35. The molecule has 0 aromatic heterocycles. The summed E-state index contributed by atoms with van der Waals surface area (Å²) < 4.78 is 5.44. The molecule has 1 rings (SSSR count). The largest absolute Gasteiger partial charge is 0.377 e. The van der Waals surface area contributed by atoms with Crippen LogP contribution in [-0.4, -0.2) is 25.2 Å². The van der Waals surface area contributed by atoms with Gasteiger partial charge in [0.2, 0.25) is 0 Å². The number of hydrogen-bond donors (Lipinski definition) is 0. The molecule has 82 valence electrons. The highest BCUT2D eigenvalue weighted by molar-refractivity contribution is 5.13. The number of hydrogen-bond acceptors (Lipinski definition) is 3. The predicted octanol–water partition coefficient (Wildman–Crippen LogP) is 2.21. The van der Waals surface area contributed by atoms with E-state index in [1.165, 1.54) is 10.6 Å². The molecule has 0 unspecified atom stereocenters. The molecule has 1 aromatic rings. The van der Waals surface area contributed by atoms with E-state index in [0.717, 1.165) is 6.42 Å². The highest BCUT2D eigenvalue weighted by Crippen LogP contribution is 2.00. The minimum atomic E-state index is 0.624. The zero-order chi connectivity index (χ0) is 10.9. The average molecular weight is 208 g/mol. The molecular weight excluding hydrogens is 192 g/mol. The van der Waals surface area contributed by atoms with E-state index in [-0.39, 0.29) is 0 Å². The van der Waals surface area contributed by atoms with Crippen LogP contribution in [0.4, 0.5) is 0 Å². The third-order valence-corrected chi connectivity index (χ3v) is 2.02. The Kier molecular flexibility index (Phi) is 5.40. The van der Waals surface area contributed by atoms with Crippen molar-refractivity contribution in [2.24, 2.45) is 5.29 Å². The lowest BCUT2D eigenvalue weighted by molar-refractivity contribution is 0.111. The lowest BCUT2D eigenvalue weighted by Gasteiger charge is -2.08. The Morgan fingerprint density at radius 1 is 1.33 bits per heavy atom. The van der Waals surface area contributed by atoms with Gasteiger partial charge in [0.05, 0.1) is 11.9 Å². The summed E-state index contributed by atoms with van der Waals surface area (Å²) in [5.74, 6) is 0. The van der Waals surface area contributed by atoms with Gasteiger partial charge in [-0.1, -0.05) is 30.3 Å². The van der Waals surface area contributed by atoms with Gasteiger partial charge in [-0.05, 0) is 12.0 Å². The van der Waals surface area contributed by atoms with Gasteiger partial charge in [-0.3, -0.25) is 5.01 Å². The second-order valence-corrected chi connectivity index (χ2v) is 3.35. The van der Waals surface area contributed by atoms with Gasteiger partial charge in [-0.2, -0.15) is 0 Å². The Bertz CT molecular complexity index is 277. The minimum absolute atomic E-state index is 0.624. The molecule has 0 fully saturated rings. The van der Waals surface area contributed by atoms with E-state index >= 15 is 0 Å². The standard InChI is InChI=1S/C11H16N2O2/c1-13(12-14)8-5-9-15-10-11-6-3-2-4-7-11/h2-4,6-7H,5,8-10H2,1H3. The molecule has 0 aliphatic heterocycles. The van der Waals surface area contributed by atoms with E-state index < -0.39 is 0 Å². The maximum Gasteiger partial charge on any atom is 0.0716 e. The van der Waals surface area contributed by atoms with Crippen LogP contribution >= 0.6 is 0 Å². The third kappa shape index (κ3) is 5.12. The quantitative estimate of drug-likeness (QED) is 0.392. The van der Waals surface area contributed by atoms with Crippen molar-refractivity contribution < 1.29 is 4.74 Å². The first-order valence-corrected chi connectivity index (χ1v) is 4.99. The number of benzene rings is 1. The summed E-state index contributed by atoms with van der Waals surface area (Å²) >= 11 is 0. The molecule has 0 N–H and O–H groups in total. The second kappa shape index (κ2) is 6.95. The van der Waals surface area contributed by atoms with Crippen molar-refractivity contribution in [1.29, 1.82) is 0 Å². The van der Waals surface area contributed by atoms with E-state index in [9.17, 15) is 4.91 Å². The van der Waals surface area contributed by atoms with Gasteiger partial charge in [-0.25, -0.2) is 0 Å². The van der Waals surface area contributed by atoms with Crippen LogP contribution in [0.5, 0.6) is 0 Å². The third-order valence-electron chi connectivity index (χ3n) is 2.02. The van der Waals surface area contributed by atoms with Crippen molar-refractivity contribution in [3.8, 4) is 0 Å². The molecule has 0 radical (unpaired) electrons. The normalized spacial score (nSPS) is 9.93. The van der Waals surface area contributed by atoms with Crippen LogP contribution in [0.1, 0.15) is 12.0 Å². The van der Waals surface area contributed by atoms with Crippen molar-refractivity contribution in [3.63, 3.8) is 0 Å². The smallest absolute Gasteiger partial charge is 0.0716 e. The lowest BCUT2D eigenvalue weighted by Crippen LogP contribution is -2.13. The van der Waals surface area contributed by atoms with Crippen LogP contribution in [0, 0.1) is 4.91 Å². The first-order valence-electron chi connectivity index (χ1n) is 4.99. The fourth-order valence-corrected chi connectivity index (χ4v) is 1.20. The average Bonchev–Trinajstić information content (AvgIpc) is 2.29. The van der Waals surface area contributed by atoms with E-state index in [1.807, 2.05) is 30.3 Å². The Morgan fingerprint density at radius 3 is 2.73 bits per heavy atom. The molecular formula is C11H16N2O2. The molecule has 4 heteroatoms. The van der Waals surface area contributed by atoms with Gasteiger partial charge in [0.25, 0.3) is 0 Å². The first kappa shape index (κ1) is 11.7. The van der Waals surface area contributed by atoms with E-state index in [4.69, 9.17) is 4.74 Å². The van der Waals surface area contributed by atoms with Gasteiger partial charge in [0, 0.05) is 20.2 Å². The minimum Gasteiger partial charge on any atom is -0.377 e. The fraction of sp³-hybridized carbons (Fsp3) is 0.455. The molecule has 0 heterocycles. The molecule has 0 bridgehead atoms. The Balaban J connectivity index is 2.05. The molecule has 0 atom stereocenters. The van der Waals surface area contributed by atoms with E-state index in [0.29, 0.717) is 19.8 Å². The topological polar surface area (TPSA) is 41.9 Å². The number of ether oxygens (including phenoxy) is 1. The van der Waals surface area contributed by atoms with Crippen molar-refractivity contribution in [1.82, 2.24) is 5.01 Å². The number of rotatable bonds is 7. The molecule has 0 aliphatic rings. The summed E-state index contributed by atoms with van der Waals surface area (Å²) in [7, 11) is 1.66. The summed E-state index contributed by atoms with van der Waals surface area (Å²) in [4.78, 5) is 10.0. The van der Waals surface area contributed by atoms with Crippen LogP contribution < -0.4 is 0 Å². The molecule has 4 nitrogen and oxygen atoms in total. The fourth-order valence-electron chi connectivity index (χ4n) is 1.20. The van der Waals surface area contributed by atoms with Crippen LogP contribution in [0.25, 0.3) is 0 Å². The van der Waals surface area contributed by atoms with Crippen LogP contribution in [0.2, 0.25) is 0 Å². The van der Waals surface area contributed by atoms with Gasteiger partial charge in [-0.15, -0.1) is 4.91 Å². The molecule has 0 saturated heterocycles. The molecule has 0 amide bonds. The molecule has 0 spiro atoms. The van der Waals surface area contributed by atoms with Crippen LogP contribution in [-0.2, 0) is 11.3 Å². The summed E-state index contributed by atoms with van der Waals surface area (Å²) in [5.41, 5.74) is 1.17. The van der Waals surface area contributed by atoms with E-state index in [2.05, 4.69) is 5.29 Å². The van der Waals surface area contributed by atoms with Crippen molar-refractivity contribution >= 4 is 0 Å². The Morgan fingerprint density at radius 2 is 2.07 bits per heavy atom. The van der Waals surface area contributed by atoms with E-state index in [1.54, 1.807) is 7.05 Å². The van der Waals surface area contributed by atoms with Gasteiger partial charge in [0.1, 0.15) is 0 Å². The first-order chi connectivity index (χ1) is 7.33. The Labute approximate surface area is 89.8 Å². The zero-order valence-corrected chi connectivity index (χ0v) is 8.93. The maximum atomic E-state index is 10.0. The predicted molar refractivity (Wildman–Crippen MR) is 59.1 cm³/mol. The highest BCUT2D eigenvalue weighted by Gasteiger charge is 1.95. The molecule has 1 aromatic carbocycles. The molecule has 15 heavy (non-hydrogen) atoms. The summed E-state index contributed by atoms with van der Waals surface area (Å²) in [6, 6.07) is 10.0.